The van der Waals surface area contributed by atoms with E-state index in [0.717, 1.165) is 84.1 Å². The number of carbonyl (C=O) groups is 2. The van der Waals surface area contributed by atoms with Gasteiger partial charge in [0.1, 0.15) is 17.8 Å². The molecule has 7 rings (SSSR count). The van der Waals surface area contributed by atoms with E-state index in [2.05, 4.69) is 26.8 Å². The van der Waals surface area contributed by atoms with E-state index >= 15 is 0 Å². The first-order valence-corrected chi connectivity index (χ1v) is 14.0. The molecule has 3 N–H and O–H groups in total. The number of carbonyl (C=O) groups excluding carboxylic acids is 1. The maximum absolute atomic E-state index is 13.0. The van der Waals surface area contributed by atoms with Gasteiger partial charge in [0.05, 0.1) is 34.2 Å². The molecular weight excluding hydrogens is 508 g/mol. The van der Waals surface area contributed by atoms with Crippen molar-refractivity contribution in [3.63, 3.8) is 0 Å². The lowest BCUT2D eigenvalue weighted by molar-refractivity contribution is -0.142. The highest BCUT2D eigenvalue weighted by Gasteiger charge is 2.37. The summed E-state index contributed by atoms with van der Waals surface area (Å²) in [5.74, 6) is 8.05. The van der Waals surface area contributed by atoms with Crippen LogP contribution in [0.15, 0.2) is 36.4 Å². The van der Waals surface area contributed by atoms with Gasteiger partial charge in [-0.1, -0.05) is 11.8 Å². The number of benzene rings is 2. The third-order valence-electron chi connectivity index (χ3n) is 8.22. The second kappa shape index (κ2) is 9.99. The van der Waals surface area contributed by atoms with E-state index in [4.69, 9.17) is 9.72 Å². The van der Waals surface area contributed by atoms with Crippen LogP contribution in [0.4, 0.5) is 4.79 Å². The minimum absolute atomic E-state index is 0.0588. The minimum atomic E-state index is -0.913. The van der Waals surface area contributed by atoms with Gasteiger partial charge >= 0.3 is 6.09 Å². The van der Waals surface area contributed by atoms with Gasteiger partial charge in [0.15, 0.2) is 0 Å². The molecule has 10 nitrogen and oxygen atoms in total. The fourth-order valence-corrected chi connectivity index (χ4v) is 6.23. The Kier molecular flexibility index (Phi) is 6.16. The smallest absolute Gasteiger partial charge is 0.407 e. The highest BCUT2D eigenvalue weighted by Crippen LogP contribution is 2.34. The number of nitrogens with one attached hydrogen (secondary N) is 2. The fourth-order valence-electron chi connectivity index (χ4n) is 6.23. The summed E-state index contributed by atoms with van der Waals surface area (Å²) in [5, 5.41) is 9.48. The Hall–Kier alpha value is -4.36. The molecule has 0 aliphatic carbocycles. The Labute approximate surface area is 230 Å². The van der Waals surface area contributed by atoms with E-state index in [1.54, 1.807) is 0 Å². The first-order chi connectivity index (χ1) is 19.5. The first-order valence-electron chi connectivity index (χ1n) is 14.0. The highest BCUT2D eigenvalue weighted by atomic mass is 16.5. The molecule has 3 aliphatic heterocycles. The van der Waals surface area contributed by atoms with Crippen LogP contribution in [-0.2, 0) is 9.53 Å². The number of aromatic amines is 2. The Morgan fingerprint density at radius 3 is 1.95 bits per heavy atom. The lowest BCUT2D eigenvalue weighted by atomic mass is 10.1. The van der Waals surface area contributed by atoms with Crippen molar-refractivity contribution < 1.29 is 19.4 Å². The Bertz CT molecular complexity index is 1670. The van der Waals surface area contributed by atoms with Crippen LogP contribution in [0, 0.1) is 11.8 Å². The normalized spacial score (nSPS) is 22.8. The first kappa shape index (κ1) is 24.7. The predicted octanol–water partition coefficient (Wildman–Crippen LogP) is 4.50. The number of hydrogen-bond donors (Lipinski definition) is 3. The van der Waals surface area contributed by atoms with Crippen LogP contribution in [0.3, 0.4) is 0 Å². The number of likely N-dealkylation sites (tertiary alicyclic amines) is 2. The quantitative estimate of drug-likeness (QED) is 0.330. The summed E-state index contributed by atoms with van der Waals surface area (Å²) in [6.45, 7) is 1.92. The zero-order valence-electron chi connectivity index (χ0n) is 22.0. The Balaban J connectivity index is 1.10. The van der Waals surface area contributed by atoms with Gasteiger partial charge in [0, 0.05) is 30.8 Å². The summed E-state index contributed by atoms with van der Waals surface area (Å²) >= 11 is 0. The molecule has 0 saturated carbocycles. The number of ether oxygens (including phenoxy) is 1. The number of imidazole rings is 2. The van der Waals surface area contributed by atoms with E-state index in [1.807, 2.05) is 41.3 Å². The average molecular weight is 539 g/mol. The van der Waals surface area contributed by atoms with Crippen molar-refractivity contribution >= 4 is 34.1 Å². The van der Waals surface area contributed by atoms with Crippen molar-refractivity contribution in [1.82, 2.24) is 29.7 Å². The van der Waals surface area contributed by atoms with Crippen molar-refractivity contribution in [2.45, 2.75) is 56.7 Å². The van der Waals surface area contributed by atoms with Crippen LogP contribution in [0.5, 0.6) is 0 Å². The van der Waals surface area contributed by atoms with Gasteiger partial charge in [0.25, 0.3) is 5.91 Å². The summed E-state index contributed by atoms with van der Waals surface area (Å²) in [6, 6.07) is 11.4. The molecule has 40 heavy (non-hydrogen) atoms. The molecule has 3 aliphatic rings. The Morgan fingerprint density at radius 1 is 0.825 bits per heavy atom. The number of hydrogen-bond acceptors (Lipinski definition) is 5. The van der Waals surface area contributed by atoms with Gasteiger partial charge in [0.2, 0.25) is 0 Å². The lowest BCUT2D eigenvalue weighted by Gasteiger charge is -2.25. The molecule has 0 bridgehead atoms. The molecule has 0 unspecified atom stereocenters. The third-order valence-corrected chi connectivity index (χ3v) is 8.22. The summed E-state index contributed by atoms with van der Waals surface area (Å²) in [7, 11) is 0. The second-order valence-corrected chi connectivity index (χ2v) is 10.8. The third kappa shape index (κ3) is 4.46. The second-order valence-electron chi connectivity index (χ2n) is 10.8. The van der Waals surface area contributed by atoms with E-state index in [-0.39, 0.29) is 24.1 Å². The van der Waals surface area contributed by atoms with Gasteiger partial charge < -0.3 is 24.7 Å². The van der Waals surface area contributed by atoms with E-state index < -0.39 is 6.09 Å². The maximum Gasteiger partial charge on any atom is 0.407 e. The maximum atomic E-state index is 13.0. The molecule has 204 valence electrons. The van der Waals surface area contributed by atoms with E-state index in [9.17, 15) is 14.7 Å². The van der Waals surface area contributed by atoms with Crippen LogP contribution in [-0.4, -0.2) is 72.6 Å². The van der Waals surface area contributed by atoms with Crippen molar-refractivity contribution in [2.75, 3.05) is 19.7 Å². The fraction of sp³-hybridized carbons (Fsp3) is 0.400. The SMILES string of the molecule is O=C(O)N1CCC[C@H]1c1nc2ccc(C#Cc3ccc4nc([C@@H]5CCCN5C(=O)[C@H]5CCCO5)[nH]c4c3)cc2[nH]1. The van der Waals surface area contributed by atoms with Crippen molar-refractivity contribution in [3.8, 4) is 11.8 Å². The average Bonchev–Trinajstić information content (AvgIpc) is 3.79. The summed E-state index contributed by atoms with van der Waals surface area (Å²) in [6.07, 6.45) is 3.94. The summed E-state index contributed by atoms with van der Waals surface area (Å²) in [4.78, 5) is 44.2. The topological polar surface area (TPSA) is 127 Å². The number of fused-ring (bicyclic) bond motifs is 2. The molecular formula is C30H30N6O4. The molecule has 3 atom stereocenters. The molecule has 0 spiro atoms. The molecule has 5 heterocycles. The number of H-pyrrole nitrogens is 2. The molecule has 2 aromatic heterocycles. The van der Waals surface area contributed by atoms with Crippen molar-refractivity contribution in [2.24, 2.45) is 0 Å². The number of amides is 2. The summed E-state index contributed by atoms with van der Waals surface area (Å²) < 4.78 is 5.64. The van der Waals surface area contributed by atoms with Gasteiger partial charge in [-0.2, -0.15) is 0 Å². The van der Waals surface area contributed by atoms with Crippen LogP contribution in [0.25, 0.3) is 22.1 Å². The minimum Gasteiger partial charge on any atom is -0.465 e. The molecule has 2 amide bonds. The van der Waals surface area contributed by atoms with Crippen LogP contribution in [0.2, 0.25) is 0 Å². The number of rotatable bonds is 3. The van der Waals surface area contributed by atoms with Gasteiger partial charge in [-0.3, -0.25) is 9.69 Å². The molecule has 3 fully saturated rings. The molecule has 4 aromatic rings. The van der Waals surface area contributed by atoms with Crippen molar-refractivity contribution in [1.29, 1.82) is 0 Å². The van der Waals surface area contributed by atoms with E-state index in [0.29, 0.717) is 19.0 Å². The highest BCUT2D eigenvalue weighted by molar-refractivity contribution is 5.82. The van der Waals surface area contributed by atoms with E-state index in [1.165, 1.54) is 4.90 Å². The molecule has 2 aromatic carbocycles. The molecule has 0 radical (unpaired) electrons. The Morgan fingerprint density at radius 2 is 1.40 bits per heavy atom. The number of aromatic nitrogens is 4. The predicted molar refractivity (Wildman–Crippen MR) is 148 cm³/mol. The van der Waals surface area contributed by atoms with Crippen LogP contribution >= 0.6 is 0 Å². The largest absolute Gasteiger partial charge is 0.465 e. The zero-order chi connectivity index (χ0) is 27.2. The number of carboxylic acid groups (broad SMARTS) is 1. The standard InChI is InChI=1S/C30H30N6O4/c37-29(26-6-3-15-40-26)35-13-1-4-24(35)27-31-20-11-9-18(16-22(20)33-27)7-8-19-10-12-21-23(17-19)34-28(32-21)25-5-2-14-36(25)30(38)39/h9-12,16-17,24-26H,1-6,13-15H2,(H,31,33)(H,32,34)(H,38,39)/t24-,25-,26+/m0/s1. The van der Waals surface area contributed by atoms with Crippen LogP contribution < -0.4 is 0 Å². The number of nitrogens with zero attached hydrogens (tertiary/aromatic N) is 4. The zero-order valence-corrected chi connectivity index (χ0v) is 22.0. The van der Waals surface area contributed by atoms with Gasteiger partial charge in [-0.25, -0.2) is 14.8 Å². The summed E-state index contributed by atoms with van der Waals surface area (Å²) in [5.41, 5.74) is 5.07. The molecule has 3 saturated heterocycles. The molecule has 10 heteroatoms. The van der Waals surface area contributed by atoms with Crippen molar-refractivity contribution in [3.05, 3.63) is 59.2 Å². The lowest BCUT2D eigenvalue weighted by Crippen LogP contribution is -2.38. The van der Waals surface area contributed by atoms with Crippen LogP contribution in [0.1, 0.15) is 73.4 Å². The monoisotopic (exact) mass is 538 g/mol. The van der Waals surface area contributed by atoms with Gasteiger partial charge in [-0.05, 0) is 74.9 Å². The van der Waals surface area contributed by atoms with Gasteiger partial charge in [-0.15, -0.1) is 0 Å².